The minimum Gasteiger partial charge on any atom is -0.443 e. The van der Waals surface area contributed by atoms with Gasteiger partial charge in [-0.25, -0.2) is 9.37 Å². The number of ether oxygens (including phenoxy) is 3. The van der Waals surface area contributed by atoms with Gasteiger partial charge in [-0.05, 0) is 61.1 Å². The van der Waals surface area contributed by atoms with Gasteiger partial charge in [0.2, 0.25) is 0 Å². The lowest BCUT2D eigenvalue weighted by Gasteiger charge is -2.35. The minimum atomic E-state index is -1.03. The van der Waals surface area contributed by atoms with Crippen molar-refractivity contribution in [3.05, 3.63) is 75.5 Å². The molecule has 1 spiro atoms. The van der Waals surface area contributed by atoms with Crippen LogP contribution < -0.4 is 14.4 Å². The second-order valence-corrected chi connectivity index (χ2v) is 14.7. The number of hydrogen-bond donors (Lipinski definition) is 0. The van der Waals surface area contributed by atoms with Gasteiger partial charge in [-0.15, -0.1) is 0 Å². The highest BCUT2D eigenvalue weighted by molar-refractivity contribution is 9.10. The van der Waals surface area contributed by atoms with Gasteiger partial charge in [0.1, 0.15) is 17.0 Å². The summed E-state index contributed by atoms with van der Waals surface area (Å²) in [7, 11) is 0. The molecule has 10 heteroatoms. The molecule has 1 saturated carbocycles. The summed E-state index contributed by atoms with van der Waals surface area (Å²) in [5.41, 5.74) is 3.09. The van der Waals surface area contributed by atoms with Gasteiger partial charge in [0.25, 0.3) is 5.79 Å². The van der Waals surface area contributed by atoms with Crippen LogP contribution in [-0.4, -0.2) is 40.8 Å². The molecule has 2 aromatic carbocycles. The summed E-state index contributed by atoms with van der Waals surface area (Å²) >= 11 is 9.58. The van der Waals surface area contributed by atoms with Crippen molar-refractivity contribution in [1.29, 1.82) is 0 Å². The van der Waals surface area contributed by atoms with Gasteiger partial charge in [0.15, 0.2) is 17.3 Å². The van der Waals surface area contributed by atoms with E-state index < -0.39 is 5.79 Å². The van der Waals surface area contributed by atoms with Crippen LogP contribution in [0.2, 0.25) is 5.02 Å². The Labute approximate surface area is 263 Å². The molecule has 8 rings (SSSR count). The zero-order chi connectivity index (χ0) is 29.7. The van der Waals surface area contributed by atoms with E-state index in [9.17, 15) is 0 Å². The monoisotopic (exact) mass is 666 g/mol. The number of para-hydroxylation sites is 1. The SMILES string of the molecule is CC1(c2ccc(Cl)cn2)Oc2cccc(N3CCC4(CC3)C[C@H]4c3nc4c(F)cc(Br)cc4n3[C@@H]3COCC3(C)C)c2O1. The first kappa shape index (κ1) is 27.7. The molecule has 4 aliphatic rings. The van der Waals surface area contributed by atoms with Gasteiger partial charge >= 0.3 is 0 Å². The summed E-state index contributed by atoms with van der Waals surface area (Å²) in [4.78, 5) is 11.9. The molecular formula is C33H33BrClFN4O3. The van der Waals surface area contributed by atoms with E-state index in [0.29, 0.717) is 35.2 Å². The summed E-state index contributed by atoms with van der Waals surface area (Å²) in [6.07, 6.45) is 4.72. The summed E-state index contributed by atoms with van der Waals surface area (Å²) in [6.45, 7) is 9.42. The summed E-state index contributed by atoms with van der Waals surface area (Å²) in [5, 5.41) is 0.568. The van der Waals surface area contributed by atoms with Crippen molar-refractivity contribution in [2.75, 3.05) is 31.2 Å². The Hall–Kier alpha value is -2.88. The fraction of sp³-hybridized carbons (Fsp3) is 0.455. The van der Waals surface area contributed by atoms with E-state index in [0.717, 1.165) is 59.6 Å². The molecule has 0 N–H and O–H groups in total. The lowest BCUT2D eigenvalue weighted by Crippen LogP contribution is -2.36. The highest BCUT2D eigenvalue weighted by Crippen LogP contribution is 2.66. The van der Waals surface area contributed by atoms with Crippen molar-refractivity contribution >= 4 is 44.3 Å². The van der Waals surface area contributed by atoms with E-state index >= 15 is 4.39 Å². The average Bonchev–Trinajstić information content (AvgIpc) is 3.21. The Morgan fingerprint density at radius 1 is 1.07 bits per heavy atom. The molecule has 0 amide bonds. The largest absolute Gasteiger partial charge is 0.443 e. The van der Waals surface area contributed by atoms with E-state index in [1.807, 2.05) is 31.2 Å². The second kappa shape index (κ2) is 9.56. The molecular weight excluding hydrogens is 635 g/mol. The predicted molar refractivity (Wildman–Crippen MR) is 167 cm³/mol. The standard InChI is InChI=1S/C33H33BrClFN4O3/c1-31(2)18-41-17-27(31)40-24-14-19(34)13-22(36)28(24)38-30(40)21-15-33(21)9-11-39(12-10-33)23-5-4-6-25-29(23)43-32(3,42-25)26-8-7-20(35)16-37-26/h4-8,13-14,16,21,27H,9-12,15,17-18H2,1-3H3/t21-,27+,32?/m0/s1. The lowest BCUT2D eigenvalue weighted by molar-refractivity contribution is -0.0716. The van der Waals surface area contributed by atoms with E-state index in [-0.39, 0.29) is 28.6 Å². The summed E-state index contributed by atoms with van der Waals surface area (Å²) in [5.74, 6) is 1.44. The fourth-order valence-electron chi connectivity index (χ4n) is 7.46. The number of rotatable bonds is 4. The first-order valence-electron chi connectivity index (χ1n) is 14.9. The molecule has 1 unspecified atom stereocenters. The van der Waals surface area contributed by atoms with Crippen LogP contribution in [0, 0.1) is 16.6 Å². The van der Waals surface area contributed by atoms with Gasteiger partial charge in [-0.1, -0.05) is 47.4 Å². The molecule has 4 aromatic rings. The van der Waals surface area contributed by atoms with Crippen LogP contribution in [0.15, 0.2) is 53.1 Å². The molecule has 0 bridgehead atoms. The third-order valence-corrected chi connectivity index (χ3v) is 10.7. The highest BCUT2D eigenvalue weighted by Gasteiger charge is 2.58. The van der Waals surface area contributed by atoms with Crippen molar-refractivity contribution in [3.8, 4) is 11.5 Å². The van der Waals surface area contributed by atoms with Gasteiger partial charge < -0.3 is 23.7 Å². The second-order valence-electron chi connectivity index (χ2n) is 13.3. The minimum absolute atomic E-state index is 0.0711. The Kier molecular flexibility index (Phi) is 6.15. The van der Waals surface area contributed by atoms with Crippen molar-refractivity contribution in [2.45, 2.75) is 57.8 Å². The first-order chi connectivity index (χ1) is 20.6. The number of fused-ring (bicyclic) bond motifs is 2. The van der Waals surface area contributed by atoms with Crippen LogP contribution in [0.1, 0.15) is 63.5 Å². The smallest absolute Gasteiger partial charge is 0.292 e. The number of aromatic nitrogens is 3. The van der Waals surface area contributed by atoms with Crippen molar-refractivity contribution in [3.63, 3.8) is 0 Å². The lowest BCUT2D eigenvalue weighted by atomic mass is 9.87. The number of piperidine rings is 1. The molecule has 2 saturated heterocycles. The molecule has 0 radical (unpaired) electrons. The topological polar surface area (TPSA) is 61.6 Å². The normalized spacial score (nSPS) is 26.9. The zero-order valence-corrected chi connectivity index (χ0v) is 26.7. The Morgan fingerprint density at radius 2 is 1.88 bits per heavy atom. The summed E-state index contributed by atoms with van der Waals surface area (Å²) in [6, 6.07) is 13.3. The van der Waals surface area contributed by atoms with Crippen LogP contribution in [0.25, 0.3) is 11.0 Å². The Morgan fingerprint density at radius 3 is 2.60 bits per heavy atom. The Balaban J connectivity index is 1.06. The van der Waals surface area contributed by atoms with Gasteiger partial charge in [-0.2, -0.15) is 0 Å². The van der Waals surface area contributed by atoms with E-state index in [1.165, 1.54) is 6.07 Å². The number of halogens is 3. The molecule has 43 heavy (non-hydrogen) atoms. The number of nitrogens with zero attached hydrogens (tertiary/aromatic N) is 4. The molecule has 5 heterocycles. The number of anilines is 1. The highest BCUT2D eigenvalue weighted by atomic mass is 79.9. The van der Waals surface area contributed by atoms with Gasteiger partial charge in [-0.3, -0.25) is 4.98 Å². The third-order valence-electron chi connectivity index (χ3n) is 10.1. The zero-order valence-electron chi connectivity index (χ0n) is 24.4. The molecule has 3 atom stereocenters. The van der Waals surface area contributed by atoms with Crippen LogP contribution in [0.3, 0.4) is 0 Å². The fourth-order valence-corrected chi connectivity index (χ4v) is 7.99. The summed E-state index contributed by atoms with van der Waals surface area (Å²) < 4.78 is 37.0. The average molecular weight is 668 g/mol. The Bertz CT molecular complexity index is 1750. The van der Waals surface area contributed by atoms with Gasteiger partial charge in [0, 0.05) is 42.0 Å². The molecule has 7 nitrogen and oxygen atoms in total. The molecule has 1 aliphatic carbocycles. The van der Waals surface area contributed by atoms with E-state index in [4.69, 9.17) is 30.8 Å². The first-order valence-corrected chi connectivity index (χ1v) is 16.1. The molecule has 2 aromatic heterocycles. The molecule has 224 valence electrons. The quantitative estimate of drug-likeness (QED) is 0.220. The van der Waals surface area contributed by atoms with Gasteiger partial charge in [0.05, 0.1) is 35.5 Å². The molecule has 3 fully saturated rings. The molecule has 3 aliphatic heterocycles. The van der Waals surface area contributed by atoms with Crippen LogP contribution in [0.4, 0.5) is 10.1 Å². The van der Waals surface area contributed by atoms with Crippen LogP contribution in [0.5, 0.6) is 11.5 Å². The predicted octanol–water partition coefficient (Wildman–Crippen LogP) is 8.00. The number of hydrogen-bond acceptors (Lipinski definition) is 6. The van der Waals surface area contributed by atoms with Crippen molar-refractivity contribution in [1.82, 2.24) is 14.5 Å². The van der Waals surface area contributed by atoms with Crippen molar-refractivity contribution in [2.24, 2.45) is 10.8 Å². The maximum Gasteiger partial charge on any atom is 0.292 e. The van der Waals surface area contributed by atoms with Crippen LogP contribution >= 0.6 is 27.5 Å². The number of pyridine rings is 1. The third kappa shape index (κ3) is 4.37. The van der Waals surface area contributed by atoms with Crippen molar-refractivity contribution < 1.29 is 18.6 Å². The maximum absolute atomic E-state index is 15.2. The number of benzene rings is 2. The van der Waals surface area contributed by atoms with Crippen LogP contribution in [-0.2, 0) is 10.5 Å². The maximum atomic E-state index is 15.2. The number of imidazole rings is 1. The van der Waals surface area contributed by atoms with E-state index in [2.05, 4.69) is 50.3 Å². The van der Waals surface area contributed by atoms with E-state index in [1.54, 1.807) is 12.3 Å².